The average Bonchev–Trinajstić information content (AvgIpc) is 3.54. The number of ether oxygens (including phenoxy) is 5. The molecule has 246 valence electrons. The number of methoxy groups -OCH3 is 2. The van der Waals surface area contributed by atoms with Crippen LogP contribution in [0.25, 0.3) is 0 Å². The Hall–Kier alpha value is -5.13. The van der Waals surface area contributed by atoms with E-state index in [1.165, 1.54) is 0 Å². The molecule has 2 atom stereocenters. The summed E-state index contributed by atoms with van der Waals surface area (Å²) >= 11 is 0. The van der Waals surface area contributed by atoms with Crippen molar-refractivity contribution >= 4 is 18.1 Å². The van der Waals surface area contributed by atoms with Crippen LogP contribution < -0.4 is 29.6 Å². The zero-order valence-electron chi connectivity index (χ0n) is 26.3. The molecule has 12 heteroatoms. The molecule has 0 aliphatic carbocycles. The number of aliphatic carboxylic acids is 1. The summed E-state index contributed by atoms with van der Waals surface area (Å²) in [6.45, 7) is 2.61. The Morgan fingerprint density at radius 3 is 2.04 bits per heavy atom. The molecule has 12 nitrogen and oxygen atoms in total. The van der Waals surface area contributed by atoms with Gasteiger partial charge in [0.05, 0.1) is 32.7 Å². The molecule has 0 bridgehead atoms. The van der Waals surface area contributed by atoms with Crippen molar-refractivity contribution in [2.75, 3.05) is 27.6 Å². The summed E-state index contributed by atoms with van der Waals surface area (Å²) < 4.78 is 27.0. The van der Waals surface area contributed by atoms with Crippen LogP contribution in [0.4, 0.5) is 9.59 Å². The van der Waals surface area contributed by atoms with Crippen LogP contribution in [0.2, 0.25) is 0 Å². The van der Waals surface area contributed by atoms with E-state index in [9.17, 15) is 19.5 Å². The van der Waals surface area contributed by atoms with Gasteiger partial charge in [-0.1, -0.05) is 50.1 Å². The standard InChI is InChI=1S/C34H41N3O9/c1-4-5-6-26(35-33(40)36-29(18-32(38)39)25-11-16-30-31(17-25)46-22-45-30)21-44-34(41)37(19-23-7-12-27(42-2)13-8-23)20-24-9-14-28(43-3)15-10-24/h7-17,26,29H,4-6,18-22H2,1-3H3,(H,38,39)(H2,35,36,40). The van der Waals surface area contributed by atoms with Crippen LogP contribution >= 0.6 is 0 Å². The minimum Gasteiger partial charge on any atom is -0.497 e. The van der Waals surface area contributed by atoms with Gasteiger partial charge in [-0.15, -0.1) is 0 Å². The Morgan fingerprint density at radius 2 is 1.48 bits per heavy atom. The zero-order valence-corrected chi connectivity index (χ0v) is 26.3. The second-order valence-corrected chi connectivity index (χ2v) is 10.8. The van der Waals surface area contributed by atoms with Gasteiger partial charge < -0.3 is 39.4 Å². The topological polar surface area (TPSA) is 145 Å². The first-order valence-electron chi connectivity index (χ1n) is 15.1. The number of fused-ring (bicyclic) bond motifs is 1. The third-order valence-electron chi connectivity index (χ3n) is 7.46. The number of nitrogens with one attached hydrogen (secondary N) is 2. The number of carboxylic acids is 1. The summed E-state index contributed by atoms with van der Waals surface area (Å²) in [5.74, 6) is 1.38. The number of hydrogen-bond donors (Lipinski definition) is 3. The Labute approximate surface area is 268 Å². The largest absolute Gasteiger partial charge is 0.497 e. The van der Waals surface area contributed by atoms with Gasteiger partial charge in [0, 0.05) is 13.1 Å². The molecular formula is C34H41N3O9. The van der Waals surface area contributed by atoms with Gasteiger partial charge in [0.2, 0.25) is 6.79 Å². The fraction of sp³-hybridized carbons (Fsp3) is 0.382. The van der Waals surface area contributed by atoms with E-state index in [4.69, 9.17) is 23.7 Å². The molecule has 1 heterocycles. The third-order valence-corrected chi connectivity index (χ3v) is 7.46. The lowest BCUT2D eigenvalue weighted by Gasteiger charge is -2.26. The number of urea groups is 1. The number of hydrogen-bond acceptors (Lipinski definition) is 8. The first kappa shape index (κ1) is 33.8. The highest BCUT2D eigenvalue weighted by atomic mass is 16.7. The molecule has 1 aliphatic heterocycles. The highest BCUT2D eigenvalue weighted by Crippen LogP contribution is 2.34. The van der Waals surface area contributed by atoms with Crippen LogP contribution in [-0.4, -0.2) is 61.8 Å². The second-order valence-electron chi connectivity index (χ2n) is 10.8. The van der Waals surface area contributed by atoms with E-state index in [1.54, 1.807) is 37.3 Å². The van der Waals surface area contributed by atoms with Crippen LogP contribution in [0, 0.1) is 0 Å². The van der Waals surface area contributed by atoms with Crippen molar-refractivity contribution in [1.82, 2.24) is 15.5 Å². The zero-order chi connectivity index (χ0) is 32.9. The summed E-state index contributed by atoms with van der Waals surface area (Å²) in [6.07, 6.45) is 1.33. The maximum absolute atomic E-state index is 13.5. The van der Waals surface area contributed by atoms with Crippen LogP contribution in [0.1, 0.15) is 55.3 Å². The maximum atomic E-state index is 13.5. The van der Waals surface area contributed by atoms with Crippen LogP contribution in [0.5, 0.6) is 23.0 Å². The fourth-order valence-corrected chi connectivity index (χ4v) is 4.94. The molecule has 0 saturated heterocycles. The first-order valence-corrected chi connectivity index (χ1v) is 15.1. The van der Waals surface area contributed by atoms with Crippen molar-refractivity contribution in [1.29, 1.82) is 0 Å². The lowest BCUT2D eigenvalue weighted by Crippen LogP contribution is -2.46. The number of carboxylic acid groups (broad SMARTS) is 1. The number of unbranched alkanes of at least 4 members (excludes halogenated alkanes) is 1. The quantitative estimate of drug-likeness (QED) is 0.182. The number of benzene rings is 3. The van der Waals surface area contributed by atoms with Gasteiger partial charge in [0.25, 0.3) is 0 Å². The number of carbonyl (C=O) groups is 3. The predicted molar refractivity (Wildman–Crippen MR) is 169 cm³/mol. The normalized spacial score (nSPS) is 12.8. The molecule has 3 aromatic carbocycles. The van der Waals surface area contributed by atoms with Crippen LogP contribution in [0.15, 0.2) is 66.7 Å². The molecule has 1 aliphatic rings. The number of amides is 3. The lowest BCUT2D eigenvalue weighted by molar-refractivity contribution is -0.137. The van der Waals surface area contributed by atoms with Crippen LogP contribution in [-0.2, 0) is 22.6 Å². The maximum Gasteiger partial charge on any atom is 0.410 e. The minimum absolute atomic E-state index is 0.0679. The summed E-state index contributed by atoms with van der Waals surface area (Å²) in [5, 5.41) is 15.1. The number of rotatable bonds is 16. The van der Waals surface area contributed by atoms with E-state index in [-0.39, 0.29) is 32.9 Å². The molecular weight excluding hydrogens is 594 g/mol. The van der Waals surface area contributed by atoms with Gasteiger partial charge >= 0.3 is 18.1 Å². The molecule has 2 unspecified atom stereocenters. The fourth-order valence-electron chi connectivity index (χ4n) is 4.94. The van der Waals surface area contributed by atoms with Gasteiger partial charge in [-0.25, -0.2) is 9.59 Å². The van der Waals surface area contributed by atoms with Crippen LogP contribution in [0.3, 0.4) is 0 Å². The van der Waals surface area contributed by atoms with E-state index in [0.717, 1.165) is 24.0 Å². The molecule has 4 rings (SSSR count). The van der Waals surface area contributed by atoms with Crippen molar-refractivity contribution in [2.24, 2.45) is 0 Å². The van der Waals surface area contributed by atoms with Crippen molar-refractivity contribution in [3.8, 4) is 23.0 Å². The van der Waals surface area contributed by atoms with E-state index >= 15 is 0 Å². The molecule has 46 heavy (non-hydrogen) atoms. The van der Waals surface area contributed by atoms with E-state index in [1.807, 2.05) is 55.5 Å². The van der Waals surface area contributed by atoms with Gasteiger partial charge in [0.1, 0.15) is 18.1 Å². The Kier molecular flexibility index (Phi) is 12.3. The van der Waals surface area contributed by atoms with E-state index in [0.29, 0.717) is 35.0 Å². The molecule has 0 fully saturated rings. The summed E-state index contributed by atoms with van der Waals surface area (Å²) in [7, 11) is 3.19. The predicted octanol–water partition coefficient (Wildman–Crippen LogP) is 5.65. The average molecular weight is 636 g/mol. The molecule has 0 saturated carbocycles. The lowest BCUT2D eigenvalue weighted by atomic mass is 10.0. The Morgan fingerprint density at radius 1 is 0.870 bits per heavy atom. The minimum atomic E-state index is -1.08. The molecule has 0 aromatic heterocycles. The monoisotopic (exact) mass is 635 g/mol. The number of carbonyl (C=O) groups excluding carboxylic acids is 2. The Bertz CT molecular complexity index is 1400. The van der Waals surface area contributed by atoms with Gasteiger partial charge in [-0.05, 0) is 59.5 Å². The first-order chi connectivity index (χ1) is 22.3. The highest BCUT2D eigenvalue weighted by molar-refractivity contribution is 5.76. The summed E-state index contributed by atoms with van der Waals surface area (Å²) in [4.78, 5) is 39.8. The molecule has 3 aromatic rings. The summed E-state index contributed by atoms with van der Waals surface area (Å²) in [6, 6.07) is 18.0. The van der Waals surface area contributed by atoms with Gasteiger partial charge in [0.15, 0.2) is 11.5 Å². The molecule has 0 spiro atoms. The molecule has 3 amide bonds. The van der Waals surface area contributed by atoms with Gasteiger partial charge in [-0.2, -0.15) is 0 Å². The smallest absolute Gasteiger partial charge is 0.410 e. The molecule has 3 N–H and O–H groups in total. The Balaban J connectivity index is 1.42. The van der Waals surface area contributed by atoms with Crippen molar-refractivity contribution in [3.63, 3.8) is 0 Å². The summed E-state index contributed by atoms with van der Waals surface area (Å²) in [5.41, 5.74) is 2.34. The van der Waals surface area contributed by atoms with Crippen molar-refractivity contribution in [3.05, 3.63) is 83.4 Å². The third kappa shape index (κ3) is 9.94. The molecule has 0 radical (unpaired) electrons. The van der Waals surface area contributed by atoms with E-state index < -0.39 is 30.2 Å². The highest BCUT2D eigenvalue weighted by Gasteiger charge is 2.24. The van der Waals surface area contributed by atoms with E-state index in [2.05, 4.69) is 10.6 Å². The SMILES string of the molecule is CCCCC(COC(=O)N(Cc1ccc(OC)cc1)Cc1ccc(OC)cc1)NC(=O)NC(CC(=O)O)c1ccc2c(c1)OCO2. The second kappa shape index (κ2) is 16.8. The van der Waals surface area contributed by atoms with Gasteiger partial charge in [-0.3, -0.25) is 9.69 Å². The van der Waals surface area contributed by atoms with Crippen molar-refractivity contribution < 1.29 is 43.2 Å². The van der Waals surface area contributed by atoms with Crippen molar-refractivity contribution in [2.45, 2.75) is 57.8 Å². The number of nitrogens with zero attached hydrogens (tertiary/aromatic N) is 1.